The fourth-order valence-electron chi connectivity index (χ4n) is 3.79. The van der Waals surface area contributed by atoms with Crippen LogP contribution >= 0.6 is 23.4 Å². The number of pyridine rings is 1. The van der Waals surface area contributed by atoms with Crippen LogP contribution in [0.5, 0.6) is 11.5 Å². The predicted octanol–water partition coefficient (Wildman–Crippen LogP) is 5.51. The summed E-state index contributed by atoms with van der Waals surface area (Å²) in [4.78, 5) is 26.8. The lowest BCUT2D eigenvalue weighted by atomic mass is 10.1. The number of fused-ring (bicyclic) bond motifs is 3. The van der Waals surface area contributed by atoms with Gasteiger partial charge in [0.25, 0.3) is 5.56 Å². The molecule has 2 aromatic heterocycles. The molecule has 5 rings (SSSR count). The normalized spacial score (nSPS) is 11.4. The van der Waals surface area contributed by atoms with Gasteiger partial charge in [-0.2, -0.15) is 0 Å². The molecule has 0 bridgehead atoms. The summed E-state index contributed by atoms with van der Waals surface area (Å²) in [5.41, 5.74) is -0.831. The van der Waals surface area contributed by atoms with E-state index in [1.54, 1.807) is 30.3 Å². The van der Waals surface area contributed by atoms with E-state index in [4.69, 9.17) is 16.0 Å². The summed E-state index contributed by atoms with van der Waals surface area (Å²) < 4.78 is 20.6. The molecule has 0 aliphatic heterocycles. The third kappa shape index (κ3) is 3.91. The van der Waals surface area contributed by atoms with Gasteiger partial charge in [-0.25, -0.2) is 9.18 Å². The number of rotatable bonds is 4. The lowest BCUT2D eigenvalue weighted by Crippen LogP contribution is -2.23. The number of aromatic nitrogens is 1. The van der Waals surface area contributed by atoms with Crippen LogP contribution in [-0.2, 0) is 6.54 Å². The van der Waals surface area contributed by atoms with Crippen LogP contribution in [0.4, 0.5) is 4.39 Å². The number of nitrogens with zero attached hydrogens (tertiary/aromatic N) is 1. The Morgan fingerprint density at radius 3 is 2.56 bits per heavy atom. The number of phenolic OH excluding ortho intramolecular Hbond substituents is 1. The van der Waals surface area contributed by atoms with Crippen molar-refractivity contribution >= 4 is 45.2 Å². The zero-order valence-corrected chi connectivity index (χ0v) is 18.9. The summed E-state index contributed by atoms with van der Waals surface area (Å²) in [5.74, 6) is -1.10. The highest BCUT2D eigenvalue weighted by Gasteiger charge is 2.23. The van der Waals surface area contributed by atoms with E-state index in [2.05, 4.69) is 0 Å². The Morgan fingerprint density at radius 2 is 1.79 bits per heavy atom. The number of halogens is 2. The van der Waals surface area contributed by atoms with Gasteiger partial charge in [-0.05, 0) is 48.0 Å². The SMILES string of the molecule is O=c1oc2c(c(O)c1Sc1cccc(Cl)c1)c(=O)n(Cc1cccc(F)c1)c1cc(O)ccc21. The largest absolute Gasteiger partial charge is 0.508 e. The van der Waals surface area contributed by atoms with Crippen molar-refractivity contribution in [3.8, 4) is 11.5 Å². The minimum atomic E-state index is -0.827. The van der Waals surface area contributed by atoms with Crippen LogP contribution in [0.15, 0.2) is 90.5 Å². The van der Waals surface area contributed by atoms with Gasteiger partial charge < -0.3 is 19.2 Å². The van der Waals surface area contributed by atoms with Gasteiger partial charge in [-0.1, -0.05) is 41.6 Å². The van der Waals surface area contributed by atoms with Crippen molar-refractivity contribution < 1.29 is 19.0 Å². The summed E-state index contributed by atoms with van der Waals surface area (Å²) in [6.07, 6.45) is 0. The van der Waals surface area contributed by atoms with E-state index in [9.17, 15) is 24.2 Å². The van der Waals surface area contributed by atoms with Crippen LogP contribution < -0.4 is 11.2 Å². The smallest absolute Gasteiger partial charge is 0.354 e. The lowest BCUT2D eigenvalue weighted by molar-refractivity contribution is 0.446. The fourth-order valence-corrected chi connectivity index (χ4v) is 4.94. The average Bonchev–Trinajstić information content (AvgIpc) is 2.79. The first-order chi connectivity index (χ1) is 16.3. The van der Waals surface area contributed by atoms with Gasteiger partial charge in [0.15, 0.2) is 11.3 Å². The highest BCUT2D eigenvalue weighted by Crippen LogP contribution is 2.38. The van der Waals surface area contributed by atoms with E-state index < -0.39 is 22.8 Å². The van der Waals surface area contributed by atoms with Gasteiger partial charge in [0, 0.05) is 21.4 Å². The number of hydrogen-bond donors (Lipinski definition) is 2. The molecular weight excluding hydrogens is 481 g/mol. The van der Waals surface area contributed by atoms with Crippen LogP contribution in [0.25, 0.3) is 21.9 Å². The zero-order chi connectivity index (χ0) is 24.0. The van der Waals surface area contributed by atoms with Gasteiger partial charge in [0.05, 0.1) is 12.1 Å². The van der Waals surface area contributed by atoms with Crippen molar-refractivity contribution in [3.05, 3.63) is 104 Å². The maximum absolute atomic E-state index is 13.8. The maximum atomic E-state index is 13.8. The second-order valence-corrected chi connectivity index (χ2v) is 9.07. The molecule has 9 heteroatoms. The molecule has 0 aliphatic rings. The quantitative estimate of drug-likeness (QED) is 0.319. The van der Waals surface area contributed by atoms with Crippen molar-refractivity contribution in [2.24, 2.45) is 0 Å². The second-order valence-electron chi connectivity index (χ2n) is 7.55. The molecule has 2 heterocycles. The molecule has 0 fully saturated rings. The van der Waals surface area contributed by atoms with E-state index in [0.29, 0.717) is 20.9 Å². The zero-order valence-electron chi connectivity index (χ0n) is 17.3. The Bertz CT molecular complexity index is 1710. The van der Waals surface area contributed by atoms with Gasteiger partial charge in [0.2, 0.25) is 0 Å². The third-order valence-electron chi connectivity index (χ3n) is 5.28. The summed E-state index contributed by atoms with van der Waals surface area (Å²) in [5, 5.41) is 21.7. The molecule has 0 spiro atoms. The van der Waals surface area contributed by atoms with Crippen LogP contribution in [0.2, 0.25) is 5.02 Å². The number of benzene rings is 3. The Morgan fingerprint density at radius 1 is 1.00 bits per heavy atom. The van der Waals surface area contributed by atoms with E-state index in [1.165, 1.54) is 41.0 Å². The van der Waals surface area contributed by atoms with Gasteiger partial charge in [-0.3, -0.25) is 4.79 Å². The predicted molar refractivity (Wildman–Crippen MR) is 129 cm³/mol. The molecule has 170 valence electrons. The van der Waals surface area contributed by atoms with Crippen molar-refractivity contribution in [1.82, 2.24) is 4.57 Å². The molecular formula is C25H15ClFNO5S. The molecule has 2 N–H and O–H groups in total. The lowest BCUT2D eigenvalue weighted by Gasteiger charge is -2.14. The minimum absolute atomic E-state index is 0.0399. The van der Waals surface area contributed by atoms with Crippen LogP contribution in [0, 0.1) is 5.82 Å². The molecule has 0 atom stereocenters. The van der Waals surface area contributed by atoms with Crippen molar-refractivity contribution in [2.45, 2.75) is 16.3 Å². The highest BCUT2D eigenvalue weighted by molar-refractivity contribution is 7.99. The monoisotopic (exact) mass is 495 g/mol. The summed E-state index contributed by atoms with van der Waals surface area (Å²) >= 11 is 6.94. The number of hydrogen-bond acceptors (Lipinski definition) is 6. The highest BCUT2D eigenvalue weighted by atomic mass is 35.5. The van der Waals surface area contributed by atoms with E-state index in [-0.39, 0.29) is 33.7 Å². The van der Waals surface area contributed by atoms with Crippen molar-refractivity contribution in [2.75, 3.05) is 0 Å². The maximum Gasteiger partial charge on any atom is 0.354 e. The summed E-state index contributed by atoms with van der Waals surface area (Å²) in [6, 6.07) is 16.6. The Kier molecular flexibility index (Phi) is 5.55. The van der Waals surface area contributed by atoms with E-state index in [0.717, 1.165) is 11.8 Å². The molecule has 5 aromatic rings. The molecule has 0 aliphatic carbocycles. The summed E-state index contributed by atoms with van der Waals surface area (Å²) in [6.45, 7) is -0.0399. The molecule has 0 amide bonds. The minimum Gasteiger partial charge on any atom is -0.508 e. The molecule has 6 nitrogen and oxygen atoms in total. The van der Waals surface area contributed by atoms with Crippen LogP contribution in [0.3, 0.4) is 0 Å². The molecule has 3 aromatic carbocycles. The van der Waals surface area contributed by atoms with E-state index in [1.807, 2.05) is 0 Å². The first-order valence-electron chi connectivity index (χ1n) is 10.0. The summed E-state index contributed by atoms with van der Waals surface area (Å²) in [7, 11) is 0. The van der Waals surface area contributed by atoms with Gasteiger partial charge in [0.1, 0.15) is 21.8 Å². The first-order valence-corrected chi connectivity index (χ1v) is 11.2. The molecule has 0 radical (unpaired) electrons. The molecule has 0 saturated carbocycles. The van der Waals surface area contributed by atoms with Gasteiger partial charge in [-0.15, -0.1) is 0 Å². The molecule has 34 heavy (non-hydrogen) atoms. The fraction of sp³-hybridized carbons (Fsp3) is 0.0400. The standard InChI is InChI=1S/C25H15ClFNO5S/c26-14-4-2-6-17(10-14)34-23-21(30)20-22(33-25(23)32)18-8-7-16(29)11-19(18)28(24(20)31)12-13-3-1-5-15(27)9-13/h1-11,29-30H,12H2. The van der Waals surface area contributed by atoms with Crippen molar-refractivity contribution in [1.29, 1.82) is 0 Å². The second kappa shape index (κ2) is 8.55. The number of aromatic hydroxyl groups is 2. The average molecular weight is 496 g/mol. The number of phenols is 1. The molecule has 0 saturated heterocycles. The first kappa shape index (κ1) is 22.1. The topological polar surface area (TPSA) is 92.7 Å². The Labute approximate surface area is 200 Å². The Hall–Kier alpha value is -3.75. The van der Waals surface area contributed by atoms with Gasteiger partial charge >= 0.3 is 5.63 Å². The van der Waals surface area contributed by atoms with E-state index >= 15 is 0 Å². The van der Waals surface area contributed by atoms with Crippen LogP contribution in [-0.4, -0.2) is 14.8 Å². The van der Waals surface area contributed by atoms with Crippen molar-refractivity contribution in [3.63, 3.8) is 0 Å². The molecule has 0 unspecified atom stereocenters. The third-order valence-corrected chi connectivity index (χ3v) is 6.57. The Balaban J connectivity index is 1.80. The van der Waals surface area contributed by atoms with Crippen LogP contribution in [0.1, 0.15) is 5.56 Å².